The predicted octanol–water partition coefficient (Wildman–Crippen LogP) is 3.51. The van der Waals surface area contributed by atoms with Crippen molar-refractivity contribution >= 4 is 17.9 Å². The maximum atomic E-state index is 14.3. The highest BCUT2D eigenvalue weighted by Crippen LogP contribution is 2.47. The molecule has 1 aliphatic carbocycles. The zero-order chi connectivity index (χ0) is 24.9. The lowest BCUT2D eigenvalue weighted by molar-refractivity contribution is -0.193. The molecule has 2 saturated heterocycles. The van der Waals surface area contributed by atoms with Crippen molar-refractivity contribution < 1.29 is 36.7 Å². The van der Waals surface area contributed by atoms with Crippen molar-refractivity contribution in [2.75, 3.05) is 19.6 Å². The molecule has 3 aliphatic rings. The lowest BCUT2D eigenvalue weighted by Crippen LogP contribution is -2.66. The van der Waals surface area contributed by atoms with Crippen LogP contribution < -0.4 is 0 Å². The van der Waals surface area contributed by atoms with E-state index in [0.29, 0.717) is 19.3 Å². The third-order valence-corrected chi connectivity index (χ3v) is 6.38. The van der Waals surface area contributed by atoms with Gasteiger partial charge >= 0.3 is 18.2 Å². The molecular weight excluding hydrogens is 446 g/mol. The van der Waals surface area contributed by atoms with E-state index in [2.05, 4.69) is 0 Å². The Labute approximate surface area is 191 Å². The summed E-state index contributed by atoms with van der Waals surface area (Å²) in [6, 6.07) is -1.75. The van der Waals surface area contributed by atoms with E-state index in [9.17, 15) is 31.9 Å². The second-order valence-corrected chi connectivity index (χ2v) is 10.9. The van der Waals surface area contributed by atoms with Gasteiger partial charge in [0, 0.05) is 25.6 Å². The first-order chi connectivity index (χ1) is 15.0. The Bertz CT molecular complexity index is 791. The van der Waals surface area contributed by atoms with Crippen LogP contribution in [-0.4, -0.2) is 87.8 Å². The van der Waals surface area contributed by atoms with Crippen LogP contribution in [-0.2, 0) is 14.3 Å². The van der Waals surface area contributed by atoms with Gasteiger partial charge in [-0.15, -0.1) is 0 Å². The number of piperazine rings is 1. The summed E-state index contributed by atoms with van der Waals surface area (Å²) in [6.45, 7) is 8.17. The largest absolute Gasteiger partial charge is 0.471 e. The normalized spacial score (nSPS) is 27.3. The standard InChI is InChI=1S/C22H33F4N3O4/c1-13(2)8-15-11-29(18(31)22(24,25)26)21(6-7-21)12-28(15)17(30)16-9-14(23)10-27(16)19(32)33-20(3,4)5/h13-16H,6-12H2,1-5H3/t14-,15-,16+/m1/s1. The number of halogens is 4. The number of hydrogen-bond donors (Lipinski definition) is 0. The van der Waals surface area contributed by atoms with Crippen LogP contribution in [0.25, 0.3) is 0 Å². The van der Waals surface area contributed by atoms with Crippen molar-refractivity contribution in [3.05, 3.63) is 0 Å². The zero-order valence-corrected chi connectivity index (χ0v) is 19.7. The molecule has 3 rings (SSSR count). The van der Waals surface area contributed by atoms with Gasteiger partial charge in [0.25, 0.3) is 0 Å². The van der Waals surface area contributed by atoms with Gasteiger partial charge in [0.2, 0.25) is 5.91 Å². The summed E-state index contributed by atoms with van der Waals surface area (Å²) in [5, 5.41) is 0. The average Bonchev–Trinajstić information content (AvgIpc) is 3.30. The molecule has 7 nitrogen and oxygen atoms in total. The lowest BCUT2D eigenvalue weighted by atomic mass is 9.95. The van der Waals surface area contributed by atoms with Gasteiger partial charge in [-0.1, -0.05) is 13.8 Å². The van der Waals surface area contributed by atoms with E-state index in [1.165, 1.54) is 4.90 Å². The van der Waals surface area contributed by atoms with Crippen molar-refractivity contribution in [1.82, 2.24) is 14.7 Å². The molecule has 0 radical (unpaired) electrons. The Morgan fingerprint density at radius 1 is 1.06 bits per heavy atom. The molecule has 11 heteroatoms. The predicted molar refractivity (Wildman–Crippen MR) is 111 cm³/mol. The Morgan fingerprint density at radius 3 is 2.15 bits per heavy atom. The molecule has 0 aromatic rings. The van der Waals surface area contributed by atoms with E-state index >= 15 is 0 Å². The van der Waals surface area contributed by atoms with Crippen molar-refractivity contribution in [2.24, 2.45) is 5.92 Å². The summed E-state index contributed by atoms with van der Waals surface area (Å²) in [6.07, 6.45) is -6.29. The summed E-state index contributed by atoms with van der Waals surface area (Å²) < 4.78 is 59.4. The molecule has 1 saturated carbocycles. The van der Waals surface area contributed by atoms with E-state index in [-0.39, 0.29) is 32.0 Å². The van der Waals surface area contributed by atoms with Crippen molar-refractivity contribution in [3.63, 3.8) is 0 Å². The second-order valence-electron chi connectivity index (χ2n) is 10.9. The number of carbonyl (C=O) groups excluding carboxylic acids is 3. The molecule has 0 unspecified atom stereocenters. The maximum absolute atomic E-state index is 14.3. The molecule has 2 aliphatic heterocycles. The molecule has 0 bridgehead atoms. The Hall–Kier alpha value is -2.07. The van der Waals surface area contributed by atoms with Gasteiger partial charge < -0.3 is 14.5 Å². The molecule has 2 heterocycles. The van der Waals surface area contributed by atoms with Gasteiger partial charge in [-0.25, -0.2) is 9.18 Å². The minimum atomic E-state index is -5.00. The van der Waals surface area contributed by atoms with E-state index in [0.717, 1.165) is 9.80 Å². The number of carbonyl (C=O) groups is 3. The molecule has 188 valence electrons. The van der Waals surface area contributed by atoms with Crippen LogP contribution in [0, 0.1) is 5.92 Å². The lowest BCUT2D eigenvalue weighted by Gasteiger charge is -2.48. The van der Waals surface area contributed by atoms with Gasteiger partial charge in [0.1, 0.15) is 17.8 Å². The van der Waals surface area contributed by atoms with Crippen LogP contribution in [0.1, 0.15) is 60.3 Å². The van der Waals surface area contributed by atoms with Crippen LogP contribution in [0.2, 0.25) is 0 Å². The summed E-state index contributed by atoms with van der Waals surface area (Å²) in [5.41, 5.74) is -1.89. The first-order valence-corrected chi connectivity index (χ1v) is 11.4. The number of hydrogen-bond acceptors (Lipinski definition) is 4. The summed E-state index contributed by atoms with van der Waals surface area (Å²) in [7, 11) is 0. The molecule has 0 aromatic heterocycles. The molecular formula is C22H33F4N3O4. The number of rotatable bonds is 3. The first-order valence-electron chi connectivity index (χ1n) is 11.4. The van der Waals surface area contributed by atoms with Gasteiger partial charge in [-0.05, 0) is 46.0 Å². The number of amides is 3. The molecule has 33 heavy (non-hydrogen) atoms. The van der Waals surface area contributed by atoms with Crippen molar-refractivity contribution in [3.8, 4) is 0 Å². The number of alkyl halides is 4. The summed E-state index contributed by atoms with van der Waals surface area (Å²) >= 11 is 0. The molecule has 0 N–H and O–H groups in total. The number of ether oxygens (including phenoxy) is 1. The topological polar surface area (TPSA) is 70.2 Å². The first kappa shape index (κ1) is 25.6. The fraction of sp³-hybridized carbons (Fsp3) is 0.864. The summed E-state index contributed by atoms with van der Waals surface area (Å²) in [4.78, 5) is 41.8. The third kappa shape index (κ3) is 5.54. The van der Waals surface area contributed by atoms with Gasteiger partial charge in [-0.3, -0.25) is 14.5 Å². The molecule has 0 aromatic carbocycles. The Morgan fingerprint density at radius 2 is 1.67 bits per heavy atom. The van der Waals surface area contributed by atoms with E-state index in [1.54, 1.807) is 20.8 Å². The van der Waals surface area contributed by atoms with E-state index in [4.69, 9.17) is 4.74 Å². The Kier molecular flexibility index (Phi) is 6.67. The van der Waals surface area contributed by atoms with E-state index in [1.807, 2.05) is 13.8 Å². The highest BCUT2D eigenvalue weighted by Gasteiger charge is 2.61. The van der Waals surface area contributed by atoms with Crippen LogP contribution in [0.3, 0.4) is 0 Å². The summed E-state index contributed by atoms with van der Waals surface area (Å²) in [5.74, 6) is -2.35. The second kappa shape index (κ2) is 8.61. The number of nitrogens with zero attached hydrogens (tertiary/aromatic N) is 3. The monoisotopic (exact) mass is 479 g/mol. The highest BCUT2D eigenvalue weighted by molar-refractivity contribution is 5.88. The maximum Gasteiger partial charge on any atom is 0.471 e. The average molecular weight is 480 g/mol. The molecule has 3 atom stereocenters. The fourth-order valence-electron chi connectivity index (χ4n) is 4.79. The van der Waals surface area contributed by atoms with Gasteiger partial charge in [0.15, 0.2) is 0 Å². The molecule has 3 fully saturated rings. The third-order valence-electron chi connectivity index (χ3n) is 6.38. The van der Waals surface area contributed by atoms with Crippen molar-refractivity contribution in [2.45, 2.75) is 95.9 Å². The zero-order valence-electron chi connectivity index (χ0n) is 19.7. The SMILES string of the molecule is CC(C)C[C@@H]1CN(C(=O)C(F)(F)F)C2(CC2)CN1C(=O)[C@@H]1C[C@@H](F)CN1C(=O)OC(C)(C)C. The van der Waals surface area contributed by atoms with E-state index < -0.39 is 53.5 Å². The molecule has 1 spiro atoms. The minimum Gasteiger partial charge on any atom is -0.444 e. The fourth-order valence-corrected chi connectivity index (χ4v) is 4.79. The molecule has 3 amide bonds. The Balaban J connectivity index is 1.86. The van der Waals surface area contributed by atoms with Gasteiger partial charge in [-0.2, -0.15) is 13.2 Å². The quantitative estimate of drug-likeness (QED) is 0.581. The minimum absolute atomic E-state index is 0.0425. The number of likely N-dealkylation sites (tertiary alicyclic amines) is 1. The van der Waals surface area contributed by atoms with Crippen LogP contribution in [0.4, 0.5) is 22.4 Å². The highest BCUT2D eigenvalue weighted by atomic mass is 19.4. The van der Waals surface area contributed by atoms with Crippen LogP contribution in [0.15, 0.2) is 0 Å². The smallest absolute Gasteiger partial charge is 0.444 e. The van der Waals surface area contributed by atoms with Gasteiger partial charge in [0.05, 0.1) is 12.1 Å². The van der Waals surface area contributed by atoms with Crippen LogP contribution in [0.5, 0.6) is 0 Å². The van der Waals surface area contributed by atoms with Crippen molar-refractivity contribution in [1.29, 1.82) is 0 Å². The van der Waals surface area contributed by atoms with Crippen LogP contribution >= 0.6 is 0 Å².